The van der Waals surface area contributed by atoms with Crippen LogP contribution in [0.4, 0.5) is 0 Å². The van der Waals surface area contributed by atoms with E-state index in [2.05, 4.69) is 79.4 Å². The van der Waals surface area contributed by atoms with Crippen LogP contribution in [0.1, 0.15) is 44.2 Å². The minimum Gasteiger partial charge on any atom is -0.292 e. The van der Waals surface area contributed by atoms with E-state index in [1.807, 2.05) is 0 Å². The molecular weight excluding hydrogens is 278 g/mol. The predicted molar refractivity (Wildman–Crippen MR) is 98.1 cm³/mol. The first-order valence-corrected chi connectivity index (χ1v) is 9.08. The van der Waals surface area contributed by atoms with Crippen LogP contribution in [0.15, 0.2) is 60.7 Å². The Labute approximate surface area is 141 Å². The summed E-state index contributed by atoms with van der Waals surface area (Å²) in [7, 11) is 0. The summed E-state index contributed by atoms with van der Waals surface area (Å²) in [4.78, 5) is 2.71. The van der Waals surface area contributed by atoms with E-state index in [0.717, 1.165) is 31.0 Å². The van der Waals surface area contributed by atoms with Crippen molar-refractivity contribution in [3.63, 3.8) is 0 Å². The maximum Gasteiger partial charge on any atom is 0.0240 e. The van der Waals surface area contributed by atoms with Gasteiger partial charge in [-0.25, -0.2) is 0 Å². The van der Waals surface area contributed by atoms with E-state index in [4.69, 9.17) is 0 Å². The van der Waals surface area contributed by atoms with Crippen molar-refractivity contribution in [3.05, 3.63) is 71.8 Å². The van der Waals surface area contributed by atoms with Gasteiger partial charge in [-0.05, 0) is 35.8 Å². The molecular formula is C22H29N. The van der Waals surface area contributed by atoms with Crippen LogP contribution >= 0.6 is 0 Å². The average molecular weight is 307 g/mol. The van der Waals surface area contributed by atoms with Gasteiger partial charge in [0.25, 0.3) is 0 Å². The van der Waals surface area contributed by atoms with Gasteiger partial charge >= 0.3 is 0 Å². The van der Waals surface area contributed by atoms with Crippen molar-refractivity contribution in [1.29, 1.82) is 0 Å². The van der Waals surface area contributed by atoms with Gasteiger partial charge in [0, 0.05) is 19.1 Å². The number of hydrogen-bond donors (Lipinski definition) is 0. The Morgan fingerprint density at radius 1 is 0.826 bits per heavy atom. The number of benzene rings is 2. The van der Waals surface area contributed by atoms with Crippen LogP contribution in [0.3, 0.4) is 0 Å². The zero-order chi connectivity index (χ0) is 16.1. The molecule has 1 saturated carbocycles. The first-order valence-electron chi connectivity index (χ1n) is 9.08. The Morgan fingerprint density at radius 2 is 1.35 bits per heavy atom. The summed E-state index contributed by atoms with van der Waals surface area (Å²) in [5, 5.41) is 0. The Bertz CT molecular complexity index is 536. The van der Waals surface area contributed by atoms with Crippen molar-refractivity contribution in [2.45, 2.75) is 52.2 Å². The van der Waals surface area contributed by atoms with Crippen molar-refractivity contribution in [1.82, 2.24) is 4.90 Å². The van der Waals surface area contributed by atoms with Gasteiger partial charge in [-0.2, -0.15) is 0 Å². The van der Waals surface area contributed by atoms with Gasteiger partial charge in [0.2, 0.25) is 0 Å². The SMILES string of the molecule is CC[C@@H]1C[C@@H](N(Cc2ccccc2)Cc2ccccc2)CC1C. The van der Waals surface area contributed by atoms with Crippen molar-refractivity contribution < 1.29 is 0 Å². The first-order chi connectivity index (χ1) is 11.3. The Balaban J connectivity index is 1.76. The molecule has 1 unspecified atom stereocenters. The quantitative estimate of drug-likeness (QED) is 0.680. The van der Waals surface area contributed by atoms with Crippen molar-refractivity contribution in [2.24, 2.45) is 11.8 Å². The van der Waals surface area contributed by atoms with E-state index in [-0.39, 0.29) is 0 Å². The zero-order valence-electron chi connectivity index (χ0n) is 14.5. The molecule has 0 spiro atoms. The molecule has 0 aliphatic heterocycles. The molecule has 1 fully saturated rings. The lowest BCUT2D eigenvalue weighted by Crippen LogP contribution is -2.32. The van der Waals surface area contributed by atoms with Gasteiger partial charge in [0.05, 0.1) is 0 Å². The van der Waals surface area contributed by atoms with Gasteiger partial charge in [-0.3, -0.25) is 4.90 Å². The first kappa shape index (κ1) is 16.3. The summed E-state index contributed by atoms with van der Waals surface area (Å²) in [6.07, 6.45) is 4.03. The lowest BCUT2D eigenvalue weighted by atomic mass is 9.96. The molecule has 0 N–H and O–H groups in total. The third-order valence-corrected chi connectivity index (χ3v) is 5.52. The molecule has 3 atom stereocenters. The summed E-state index contributed by atoms with van der Waals surface area (Å²) >= 11 is 0. The second kappa shape index (κ2) is 7.79. The normalized spacial score (nSPS) is 24.2. The van der Waals surface area contributed by atoms with Gasteiger partial charge in [0.15, 0.2) is 0 Å². The lowest BCUT2D eigenvalue weighted by Gasteiger charge is -2.29. The molecule has 0 aromatic heterocycles. The highest BCUT2D eigenvalue weighted by molar-refractivity contribution is 5.17. The molecule has 1 aliphatic carbocycles. The standard InChI is InChI=1S/C22H29N/c1-3-21-15-22(14-18(21)2)23(16-19-10-6-4-7-11-19)17-20-12-8-5-9-13-20/h4-13,18,21-22H,3,14-17H2,1-2H3/t18?,21-,22+/m1/s1. The molecule has 3 rings (SSSR count). The molecule has 0 amide bonds. The second-order valence-corrected chi connectivity index (χ2v) is 7.15. The van der Waals surface area contributed by atoms with Gasteiger partial charge < -0.3 is 0 Å². The van der Waals surface area contributed by atoms with Gasteiger partial charge in [-0.15, -0.1) is 0 Å². The van der Waals surface area contributed by atoms with Crippen LogP contribution in [-0.2, 0) is 13.1 Å². The number of hydrogen-bond acceptors (Lipinski definition) is 1. The van der Waals surface area contributed by atoms with Crippen LogP contribution in [0.25, 0.3) is 0 Å². The highest BCUT2D eigenvalue weighted by Crippen LogP contribution is 2.37. The summed E-state index contributed by atoms with van der Waals surface area (Å²) < 4.78 is 0. The monoisotopic (exact) mass is 307 g/mol. The molecule has 2 aromatic rings. The fourth-order valence-corrected chi connectivity index (χ4v) is 4.12. The van der Waals surface area contributed by atoms with E-state index in [1.54, 1.807) is 0 Å². The van der Waals surface area contributed by atoms with Crippen LogP contribution < -0.4 is 0 Å². The van der Waals surface area contributed by atoms with E-state index in [0.29, 0.717) is 0 Å². The summed E-state index contributed by atoms with van der Waals surface area (Å²) in [6.45, 7) is 6.91. The van der Waals surface area contributed by atoms with E-state index in [9.17, 15) is 0 Å². The van der Waals surface area contributed by atoms with Gasteiger partial charge in [0.1, 0.15) is 0 Å². The molecule has 1 nitrogen and oxygen atoms in total. The maximum atomic E-state index is 2.71. The van der Waals surface area contributed by atoms with Crippen LogP contribution in [-0.4, -0.2) is 10.9 Å². The topological polar surface area (TPSA) is 3.24 Å². The summed E-state index contributed by atoms with van der Waals surface area (Å²) in [6, 6.07) is 22.6. The van der Waals surface area contributed by atoms with Crippen LogP contribution in [0.5, 0.6) is 0 Å². The molecule has 0 saturated heterocycles. The smallest absolute Gasteiger partial charge is 0.0240 e. The third-order valence-electron chi connectivity index (χ3n) is 5.52. The van der Waals surface area contributed by atoms with Crippen molar-refractivity contribution in [3.8, 4) is 0 Å². The number of nitrogens with zero attached hydrogens (tertiary/aromatic N) is 1. The van der Waals surface area contributed by atoms with Crippen molar-refractivity contribution >= 4 is 0 Å². The van der Waals surface area contributed by atoms with E-state index in [1.165, 1.54) is 30.4 Å². The highest BCUT2D eigenvalue weighted by Gasteiger charge is 2.33. The van der Waals surface area contributed by atoms with Crippen LogP contribution in [0.2, 0.25) is 0 Å². The summed E-state index contributed by atoms with van der Waals surface area (Å²) in [5.41, 5.74) is 2.85. The van der Waals surface area contributed by atoms with E-state index < -0.39 is 0 Å². The van der Waals surface area contributed by atoms with E-state index >= 15 is 0 Å². The lowest BCUT2D eigenvalue weighted by molar-refractivity contribution is 0.175. The summed E-state index contributed by atoms with van der Waals surface area (Å²) in [5.74, 6) is 1.76. The molecule has 0 heterocycles. The van der Waals surface area contributed by atoms with Gasteiger partial charge in [-0.1, -0.05) is 80.9 Å². The third kappa shape index (κ3) is 4.23. The average Bonchev–Trinajstić information content (AvgIpc) is 2.97. The fraction of sp³-hybridized carbons (Fsp3) is 0.455. The molecule has 23 heavy (non-hydrogen) atoms. The maximum absolute atomic E-state index is 2.71. The molecule has 2 aromatic carbocycles. The molecule has 0 radical (unpaired) electrons. The fourth-order valence-electron chi connectivity index (χ4n) is 4.12. The zero-order valence-corrected chi connectivity index (χ0v) is 14.5. The Morgan fingerprint density at radius 3 is 1.78 bits per heavy atom. The second-order valence-electron chi connectivity index (χ2n) is 7.15. The number of rotatable bonds is 6. The molecule has 122 valence electrons. The van der Waals surface area contributed by atoms with Crippen molar-refractivity contribution in [2.75, 3.05) is 0 Å². The highest BCUT2D eigenvalue weighted by atomic mass is 15.2. The predicted octanol–water partition coefficient (Wildman–Crippen LogP) is 5.51. The van der Waals surface area contributed by atoms with Crippen LogP contribution in [0, 0.1) is 11.8 Å². The Kier molecular flexibility index (Phi) is 5.51. The minimum absolute atomic E-state index is 0.718. The Hall–Kier alpha value is -1.60. The largest absolute Gasteiger partial charge is 0.292 e. The molecule has 1 aliphatic rings. The minimum atomic E-state index is 0.718. The molecule has 0 bridgehead atoms. The molecule has 1 heteroatoms.